The van der Waals surface area contributed by atoms with Gasteiger partial charge in [0, 0.05) is 26.2 Å². The highest BCUT2D eigenvalue weighted by molar-refractivity contribution is 7.92. The number of carbonyl (C=O) groups excluding carboxylic acids is 1. The van der Waals surface area contributed by atoms with E-state index in [4.69, 9.17) is 0 Å². The molecule has 0 N–H and O–H groups in total. The average Bonchev–Trinajstić information content (AvgIpc) is 2.71. The van der Waals surface area contributed by atoms with Crippen LogP contribution < -0.4 is 4.31 Å². The van der Waals surface area contributed by atoms with Crippen LogP contribution in [0, 0.1) is 20.8 Å². The van der Waals surface area contributed by atoms with Crippen LogP contribution in [0.5, 0.6) is 0 Å². The van der Waals surface area contributed by atoms with Gasteiger partial charge in [0.05, 0.1) is 10.6 Å². The Morgan fingerprint density at radius 1 is 0.900 bits per heavy atom. The molecule has 3 rings (SSSR count). The van der Waals surface area contributed by atoms with E-state index in [0.29, 0.717) is 18.8 Å². The van der Waals surface area contributed by atoms with Crippen molar-refractivity contribution in [2.75, 3.05) is 43.6 Å². The van der Waals surface area contributed by atoms with Gasteiger partial charge in [-0.2, -0.15) is 0 Å². The third kappa shape index (κ3) is 5.02. The quantitative estimate of drug-likeness (QED) is 0.708. The fourth-order valence-corrected chi connectivity index (χ4v) is 5.18. The molecule has 30 heavy (non-hydrogen) atoms. The molecule has 0 aliphatic carbocycles. The van der Waals surface area contributed by atoms with Crippen molar-refractivity contribution < 1.29 is 13.2 Å². The molecule has 0 atom stereocenters. The minimum Gasteiger partial charge on any atom is -0.339 e. The van der Waals surface area contributed by atoms with Crippen molar-refractivity contribution in [3.05, 3.63) is 59.2 Å². The average molecular weight is 430 g/mol. The van der Waals surface area contributed by atoms with Gasteiger partial charge in [-0.25, -0.2) is 8.42 Å². The van der Waals surface area contributed by atoms with Crippen molar-refractivity contribution in [3.63, 3.8) is 0 Å². The van der Waals surface area contributed by atoms with Gasteiger partial charge in [-0.15, -0.1) is 0 Å². The van der Waals surface area contributed by atoms with E-state index in [0.717, 1.165) is 36.3 Å². The molecule has 0 bridgehead atoms. The normalized spacial score (nSPS) is 15.3. The van der Waals surface area contributed by atoms with Crippen molar-refractivity contribution in [2.45, 2.75) is 32.6 Å². The molecule has 1 aliphatic rings. The van der Waals surface area contributed by atoms with Crippen LogP contribution in [0.3, 0.4) is 0 Å². The Bertz CT molecular complexity index is 975. The molecule has 1 amide bonds. The molecule has 0 aromatic heterocycles. The van der Waals surface area contributed by atoms with E-state index in [9.17, 15) is 13.2 Å². The highest BCUT2D eigenvalue weighted by Crippen LogP contribution is 2.26. The van der Waals surface area contributed by atoms with Crippen LogP contribution in [0.2, 0.25) is 0 Å². The predicted molar refractivity (Wildman–Crippen MR) is 120 cm³/mol. The SMILES string of the molecule is CCN1CCN(C(=O)CN(c2cc(C)cc(C)c2)S(=O)(=O)c2ccc(C)cc2)CC1. The number of piperazine rings is 1. The number of anilines is 1. The monoisotopic (exact) mass is 429 g/mol. The summed E-state index contributed by atoms with van der Waals surface area (Å²) in [5.74, 6) is -0.166. The third-order valence-corrected chi connectivity index (χ3v) is 7.34. The predicted octanol–water partition coefficient (Wildman–Crippen LogP) is 2.97. The molecule has 7 heteroatoms. The molecule has 1 fully saturated rings. The van der Waals surface area contributed by atoms with E-state index in [2.05, 4.69) is 11.8 Å². The lowest BCUT2D eigenvalue weighted by molar-refractivity contribution is -0.131. The molecule has 0 spiro atoms. The summed E-state index contributed by atoms with van der Waals surface area (Å²) in [5.41, 5.74) is 3.42. The van der Waals surface area contributed by atoms with Crippen molar-refractivity contribution in [3.8, 4) is 0 Å². The highest BCUT2D eigenvalue weighted by Gasteiger charge is 2.30. The molecule has 1 heterocycles. The van der Waals surface area contributed by atoms with Crippen LogP contribution in [-0.2, 0) is 14.8 Å². The second-order valence-electron chi connectivity index (χ2n) is 7.99. The second-order valence-corrected chi connectivity index (χ2v) is 9.85. The first-order chi connectivity index (χ1) is 14.2. The van der Waals surface area contributed by atoms with Gasteiger partial charge in [-0.3, -0.25) is 9.10 Å². The summed E-state index contributed by atoms with van der Waals surface area (Å²) in [6.45, 7) is 11.5. The molecular weight excluding hydrogens is 398 g/mol. The van der Waals surface area contributed by atoms with Gasteiger partial charge < -0.3 is 9.80 Å². The van der Waals surface area contributed by atoms with Crippen molar-refractivity contribution in [2.24, 2.45) is 0 Å². The number of hydrogen-bond donors (Lipinski definition) is 0. The van der Waals surface area contributed by atoms with Crippen LogP contribution in [0.15, 0.2) is 47.4 Å². The van der Waals surface area contributed by atoms with E-state index in [1.54, 1.807) is 29.2 Å². The third-order valence-electron chi connectivity index (χ3n) is 5.55. The molecule has 2 aromatic carbocycles. The van der Waals surface area contributed by atoms with Gasteiger partial charge in [0.1, 0.15) is 6.54 Å². The number of likely N-dealkylation sites (N-methyl/N-ethyl adjacent to an activating group) is 1. The summed E-state index contributed by atoms with van der Waals surface area (Å²) in [7, 11) is -3.88. The molecule has 1 aliphatic heterocycles. The molecule has 6 nitrogen and oxygen atoms in total. The van der Waals surface area contributed by atoms with Gasteiger partial charge in [0.15, 0.2) is 0 Å². The topological polar surface area (TPSA) is 60.9 Å². The van der Waals surface area contributed by atoms with Gasteiger partial charge in [0.25, 0.3) is 10.0 Å². The van der Waals surface area contributed by atoms with Crippen molar-refractivity contribution >= 4 is 21.6 Å². The van der Waals surface area contributed by atoms with Crippen molar-refractivity contribution in [1.82, 2.24) is 9.80 Å². The van der Waals surface area contributed by atoms with E-state index in [1.165, 1.54) is 4.31 Å². The fourth-order valence-electron chi connectivity index (χ4n) is 3.78. The van der Waals surface area contributed by atoms with Crippen LogP contribution in [-0.4, -0.2) is 63.4 Å². The number of nitrogens with zero attached hydrogens (tertiary/aromatic N) is 3. The van der Waals surface area contributed by atoms with E-state index in [1.807, 2.05) is 39.0 Å². The fraction of sp³-hybridized carbons (Fsp3) is 0.435. The molecule has 0 unspecified atom stereocenters. The van der Waals surface area contributed by atoms with Gasteiger partial charge in [0.2, 0.25) is 5.91 Å². The Morgan fingerprint density at radius 3 is 2.00 bits per heavy atom. The summed E-state index contributed by atoms with van der Waals surface area (Å²) in [4.78, 5) is 17.3. The summed E-state index contributed by atoms with van der Waals surface area (Å²) in [6, 6.07) is 12.4. The Balaban J connectivity index is 1.94. The van der Waals surface area contributed by atoms with Crippen molar-refractivity contribution in [1.29, 1.82) is 0 Å². The maximum absolute atomic E-state index is 13.5. The number of hydrogen-bond acceptors (Lipinski definition) is 4. The van der Waals surface area contributed by atoms with E-state index in [-0.39, 0.29) is 17.3 Å². The number of sulfonamides is 1. The minimum absolute atomic E-state index is 0.166. The van der Waals surface area contributed by atoms with Crippen LogP contribution >= 0.6 is 0 Å². The zero-order chi connectivity index (χ0) is 21.9. The standard InChI is InChI=1S/C23H31N3O3S/c1-5-24-10-12-25(13-11-24)23(27)17-26(21-15-19(3)14-20(4)16-21)30(28,29)22-8-6-18(2)7-9-22/h6-9,14-16H,5,10-13,17H2,1-4H3. The molecule has 2 aromatic rings. The molecule has 162 valence electrons. The van der Waals surface area contributed by atoms with Gasteiger partial charge in [-0.05, 0) is 62.7 Å². The first kappa shape index (κ1) is 22.3. The van der Waals surface area contributed by atoms with Gasteiger partial charge in [-0.1, -0.05) is 30.7 Å². The Labute approximate surface area is 180 Å². The summed E-state index contributed by atoms with van der Waals surface area (Å²) >= 11 is 0. The van der Waals surface area contributed by atoms with Crippen LogP contribution in [0.25, 0.3) is 0 Å². The van der Waals surface area contributed by atoms with E-state index >= 15 is 0 Å². The van der Waals surface area contributed by atoms with Crippen LogP contribution in [0.4, 0.5) is 5.69 Å². The summed E-state index contributed by atoms with van der Waals surface area (Å²) in [6.07, 6.45) is 0. The van der Waals surface area contributed by atoms with E-state index < -0.39 is 10.0 Å². The number of amides is 1. The maximum Gasteiger partial charge on any atom is 0.264 e. The lowest BCUT2D eigenvalue weighted by Gasteiger charge is -2.35. The number of aryl methyl sites for hydroxylation is 3. The zero-order valence-corrected chi connectivity index (χ0v) is 19.1. The Hall–Kier alpha value is -2.38. The zero-order valence-electron chi connectivity index (χ0n) is 18.3. The Morgan fingerprint density at radius 2 is 1.47 bits per heavy atom. The molecule has 0 saturated carbocycles. The second kappa shape index (κ2) is 9.18. The molecule has 1 saturated heterocycles. The number of rotatable bonds is 6. The molecule has 0 radical (unpaired) electrons. The van der Waals surface area contributed by atoms with Gasteiger partial charge >= 0.3 is 0 Å². The summed E-state index contributed by atoms with van der Waals surface area (Å²) < 4.78 is 28.3. The maximum atomic E-state index is 13.5. The lowest BCUT2D eigenvalue weighted by Crippen LogP contribution is -2.51. The van der Waals surface area contributed by atoms with Crippen LogP contribution in [0.1, 0.15) is 23.6 Å². The molecular formula is C23H31N3O3S. The first-order valence-corrected chi connectivity index (χ1v) is 11.8. The summed E-state index contributed by atoms with van der Waals surface area (Å²) in [5, 5.41) is 0. The lowest BCUT2D eigenvalue weighted by atomic mass is 10.1. The first-order valence-electron chi connectivity index (χ1n) is 10.4. The Kier molecular flexibility index (Phi) is 6.83. The minimum atomic E-state index is -3.88. The highest BCUT2D eigenvalue weighted by atomic mass is 32.2. The number of benzene rings is 2. The largest absolute Gasteiger partial charge is 0.339 e. The number of carbonyl (C=O) groups is 1. The smallest absolute Gasteiger partial charge is 0.264 e.